The molecule has 6 heteroatoms. The molecule has 1 aromatic carbocycles. The average Bonchev–Trinajstić information content (AvgIpc) is 2.91. The largest absolute Gasteiger partial charge is 0.350 e. The van der Waals surface area contributed by atoms with Crippen LogP contribution in [0.5, 0.6) is 0 Å². The Hall–Kier alpha value is -2.40. The summed E-state index contributed by atoms with van der Waals surface area (Å²) >= 11 is 6.23. The number of benzene rings is 1. The van der Waals surface area contributed by atoms with Gasteiger partial charge in [-0.2, -0.15) is 5.10 Å². The summed E-state index contributed by atoms with van der Waals surface area (Å²) in [5, 5.41) is 8.78. The number of hydrogen-bond acceptors (Lipinski definition) is 3. The number of fused-ring (bicyclic) bond motifs is 1. The van der Waals surface area contributed by atoms with Gasteiger partial charge in [-0.25, -0.2) is 0 Å². The maximum Gasteiger partial charge on any atom is 0.252 e. The molecule has 5 nitrogen and oxygen atoms in total. The highest BCUT2D eigenvalue weighted by molar-refractivity contribution is 6.35. The number of carbonyl (C=O) groups is 1. The van der Waals surface area contributed by atoms with E-state index in [0.29, 0.717) is 22.6 Å². The predicted octanol–water partition coefficient (Wildman–Crippen LogP) is 4.00. The van der Waals surface area contributed by atoms with Gasteiger partial charge in [-0.05, 0) is 45.9 Å². The van der Waals surface area contributed by atoms with Crippen molar-refractivity contribution in [2.24, 2.45) is 0 Å². The van der Waals surface area contributed by atoms with Gasteiger partial charge in [0.15, 0.2) is 0 Å². The summed E-state index contributed by atoms with van der Waals surface area (Å²) in [6.45, 7) is 8.36. The first-order chi connectivity index (χ1) is 11.9. The normalized spacial score (nSPS) is 12.4. The number of aryl methyl sites for hydroxylation is 3. The van der Waals surface area contributed by atoms with E-state index in [1.807, 2.05) is 50.6 Å². The zero-order valence-corrected chi connectivity index (χ0v) is 15.6. The van der Waals surface area contributed by atoms with Crippen molar-refractivity contribution in [1.29, 1.82) is 0 Å². The third-order valence-corrected chi connectivity index (χ3v) is 4.49. The van der Waals surface area contributed by atoms with Gasteiger partial charge in [0.2, 0.25) is 0 Å². The van der Waals surface area contributed by atoms with Crippen LogP contribution in [0.1, 0.15) is 40.4 Å². The van der Waals surface area contributed by atoms with Crippen LogP contribution in [-0.4, -0.2) is 27.2 Å². The van der Waals surface area contributed by atoms with E-state index in [1.165, 1.54) is 0 Å². The molecule has 0 aliphatic heterocycles. The van der Waals surface area contributed by atoms with Crippen LogP contribution in [-0.2, 0) is 0 Å². The number of nitrogens with zero attached hydrogens (tertiary/aromatic N) is 3. The van der Waals surface area contributed by atoms with Crippen molar-refractivity contribution in [1.82, 2.24) is 20.1 Å². The summed E-state index contributed by atoms with van der Waals surface area (Å²) in [5.41, 5.74) is 4.06. The van der Waals surface area contributed by atoms with Crippen LogP contribution in [0.15, 0.2) is 30.3 Å². The Balaban J connectivity index is 1.83. The Bertz CT molecular complexity index is 948. The molecule has 1 atom stereocenters. The van der Waals surface area contributed by atoms with Gasteiger partial charge in [0.05, 0.1) is 27.8 Å². The number of carbonyl (C=O) groups excluding carboxylic acids is 1. The molecular weight excluding hydrogens is 336 g/mol. The first-order valence-electron chi connectivity index (χ1n) is 8.23. The molecule has 1 unspecified atom stereocenters. The van der Waals surface area contributed by atoms with Crippen molar-refractivity contribution in [3.8, 4) is 0 Å². The van der Waals surface area contributed by atoms with Crippen molar-refractivity contribution in [3.05, 3.63) is 58.0 Å². The monoisotopic (exact) mass is 356 g/mol. The quantitative estimate of drug-likeness (QED) is 0.768. The molecule has 0 bridgehead atoms. The first kappa shape index (κ1) is 17.4. The molecule has 25 heavy (non-hydrogen) atoms. The summed E-state index contributed by atoms with van der Waals surface area (Å²) < 4.78 is 1.93. The third kappa shape index (κ3) is 3.51. The van der Waals surface area contributed by atoms with Crippen LogP contribution in [0.25, 0.3) is 10.9 Å². The van der Waals surface area contributed by atoms with E-state index in [2.05, 4.69) is 15.4 Å². The summed E-state index contributed by atoms with van der Waals surface area (Å²) in [6.07, 6.45) is 0. The van der Waals surface area contributed by atoms with Gasteiger partial charge < -0.3 is 5.32 Å². The van der Waals surface area contributed by atoms with Gasteiger partial charge in [0.25, 0.3) is 5.91 Å². The van der Waals surface area contributed by atoms with E-state index in [9.17, 15) is 4.79 Å². The molecule has 1 N–H and O–H groups in total. The van der Waals surface area contributed by atoms with Crippen molar-refractivity contribution in [3.63, 3.8) is 0 Å². The molecule has 0 aliphatic rings. The fourth-order valence-electron chi connectivity index (χ4n) is 3.04. The number of rotatable bonds is 4. The molecule has 2 heterocycles. The van der Waals surface area contributed by atoms with Crippen LogP contribution < -0.4 is 5.32 Å². The lowest BCUT2D eigenvalue weighted by Crippen LogP contribution is -2.30. The Labute approximate surface area is 152 Å². The lowest BCUT2D eigenvalue weighted by atomic mass is 10.1. The van der Waals surface area contributed by atoms with E-state index in [1.54, 1.807) is 12.1 Å². The highest BCUT2D eigenvalue weighted by Crippen LogP contribution is 2.25. The van der Waals surface area contributed by atoms with Crippen LogP contribution in [0.2, 0.25) is 5.02 Å². The van der Waals surface area contributed by atoms with Crippen LogP contribution in [0, 0.1) is 20.8 Å². The van der Waals surface area contributed by atoms with Gasteiger partial charge in [-0.3, -0.25) is 14.5 Å². The lowest BCUT2D eigenvalue weighted by molar-refractivity contribution is 0.0949. The Morgan fingerprint density at radius 1 is 1.24 bits per heavy atom. The Kier molecular flexibility index (Phi) is 4.77. The second-order valence-corrected chi connectivity index (χ2v) is 6.79. The lowest BCUT2D eigenvalue weighted by Gasteiger charge is -2.16. The molecule has 3 rings (SSSR count). The van der Waals surface area contributed by atoms with E-state index >= 15 is 0 Å². The number of halogens is 1. The molecule has 0 saturated carbocycles. The molecule has 0 saturated heterocycles. The third-order valence-electron chi connectivity index (χ3n) is 4.18. The smallest absolute Gasteiger partial charge is 0.252 e. The fraction of sp³-hybridized carbons (Fsp3) is 0.316. The molecule has 3 aromatic rings. The van der Waals surface area contributed by atoms with Crippen molar-refractivity contribution >= 4 is 28.4 Å². The minimum Gasteiger partial charge on any atom is -0.350 e. The molecule has 0 aliphatic carbocycles. The molecule has 0 spiro atoms. The van der Waals surface area contributed by atoms with Gasteiger partial charge >= 0.3 is 0 Å². The summed E-state index contributed by atoms with van der Waals surface area (Å²) in [7, 11) is 0. The Morgan fingerprint density at radius 2 is 2.00 bits per heavy atom. The van der Waals surface area contributed by atoms with Crippen LogP contribution >= 0.6 is 11.6 Å². The average molecular weight is 357 g/mol. The van der Waals surface area contributed by atoms with E-state index in [4.69, 9.17) is 11.6 Å². The number of nitrogens with one attached hydrogen (secondary N) is 1. The van der Waals surface area contributed by atoms with Gasteiger partial charge in [-0.1, -0.05) is 23.7 Å². The van der Waals surface area contributed by atoms with E-state index < -0.39 is 0 Å². The number of aromatic nitrogens is 3. The number of hydrogen-bond donors (Lipinski definition) is 1. The van der Waals surface area contributed by atoms with E-state index in [0.717, 1.165) is 22.5 Å². The zero-order chi connectivity index (χ0) is 18.1. The first-order valence-corrected chi connectivity index (χ1v) is 8.61. The summed E-state index contributed by atoms with van der Waals surface area (Å²) in [4.78, 5) is 17.2. The topological polar surface area (TPSA) is 59.8 Å². The molecule has 1 amide bonds. The minimum atomic E-state index is -0.133. The second kappa shape index (κ2) is 6.84. The molecule has 2 aromatic heterocycles. The van der Waals surface area contributed by atoms with E-state index in [-0.39, 0.29) is 11.9 Å². The molecular formula is C19H21ClN4O. The van der Waals surface area contributed by atoms with Crippen molar-refractivity contribution in [2.45, 2.75) is 33.7 Å². The number of pyridine rings is 1. The number of amides is 1. The van der Waals surface area contributed by atoms with Crippen LogP contribution in [0.3, 0.4) is 0 Å². The maximum absolute atomic E-state index is 12.7. The van der Waals surface area contributed by atoms with Crippen molar-refractivity contribution < 1.29 is 4.79 Å². The standard InChI is InChI=1S/C19H21ClN4O/c1-11-9-16(15-6-5-7-17(20)18(15)22-11)19(25)21-10-14(4)24-13(3)8-12(2)23-24/h5-9,14H,10H2,1-4H3,(H,21,25). The second-order valence-electron chi connectivity index (χ2n) is 6.38. The SMILES string of the molecule is Cc1cc(C(=O)NCC(C)n2nc(C)cc2C)c2cccc(Cl)c2n1. The van der Waals surface area contributed by atoms with Gasteiger partial charge in [0.1, 0.15) is 0 Å². The van der Waals surface area contributed by atoms with Crippen molar-refractivity contribution in [2.75, 3.05) is 6.54 Å². The summed E-state index contributed by atoms with van der Waals surface area (Å²) in [5.74, 6) is -0.133. The molecule has 130 valence electrons. The van der Waals surface area contributed by atoms with Gasteiger partial charge in [-0.15, -0.1) is 0 Å². The van der Waals surface area contributed by atoms with Gasteiger partial charge in [0, 0.05) is 23.3 Å². The maximum atomic E-state index is 12.7. The Morgan fingerprint density at radius 3 is 2.68 bits per heavy atom. The minimum absolute atomic E-state index is 0.0652. The number of para-hydroxylation sites is 1. The predicted molar refractivity (Wildman–Crippen MR) is 100 cm³/mol. The molecule has 0 radical (unpaired) electrons. The van der Waals surface area contributed by atoms with Crippen LogP contribution in [0.4, 0.5) is 0 Å². The molecule has 0 fully saturated rings. The highest BCUT2D eigenvalue weighted by atomic mass is 35.5. The summed E-state index contributed by atoms with van der Waals surface area (Å²) in [6, 6.07) is 9.37. The zero-order valence-electron chi connectivity index (χ0n) is 14.8. The fourth-order valence-corrected chi connectivity index (χ4v) is 3.26. The highest BCUT2D eigenvalue weighted by Gasteiger charge is 2.16.